The minimum atomic E-state index is -0.0223. The Labute approximate surface area is 439 Å². The Hall–Kier alpha value is -8.92. The lowest BCUT2D eigenvalue weighted by atomic mass is 9.78. The van der Waals surface area contributed by atoms with Gasteiger partial charge in [-0.25, -0.2) is 0 Å². The van der Waals surface area contributed by atoms with Crippen molar-refractivity contribution in [3.8, 4) is 50.2 Å². The molecular weight excluding hydrogens is 909 g/mol. The number of rotatable bonds is 8. The van der Waals surface area contributed by atoms with Crippen LogP contribution in [0.1, 0.15) is 52.7 Å². The third-order valence-electron chi connectivity index (χ3n) is 15.3. The van der Waals surface area contributed by atoms with Crippen LogP contribution in [0, 0.1) is 0 Å². The highest BCUT2D eigenvalue weighted by molar-refractivity contribution is 6.16. The lowest BCUT2D eigenvalue weighted by Crippen LogP contribution is -2.16. The first-order chi connectivity index (χ1) is 36.5. The van der Waals surface area contributed by atoms with Crippen molar-refractivity contribution in [2.75, 3.05) is 4.90 Å². The number of anilines is 3. The van der Waals surface area contributed by atoms with Crippen LogP contribution in [0.5, 0.6) is 0 Å². The van der Waals surface area contributed by atoms with Crippen LogP contribution in [0.3, 0.4) is 0 Å². The summed E-state index contributed by atoms with van der Waals surface area (Å²) >= 11 is 0. The predicted molar refractivity (Wildman–Crippen MR) is 319 cm³/mol. The molecular formula is C72H58N2O. The lowest BCUT2D eigenvalue weighted by Gasteiger charge is -2.29. The topological polar surface area (TPSA) is 21.3 Å². The molecule has 0 aliphatic rings. The fourth-order valence-corrected chi connectivity index (χ4v) is 11.4. The highest BCUT2D eigenvalue weighted by Gasteiger charge is 2.25. The molecule has 13 aromatic rings. The molecule has 0 amide bonds. The average Bonchev–Trinajstić information content (AvgIpc) is 4.04. The van der Waals surface area contributed by atoms with Crippen LogP contribution in [0.2, 0.25) is 0 Å². The van der Waals surface area contributed by atoms with Gasteiger partial charge >= 0.3 is 0 Å². The first kappa shape index (κ1) is 45.9. The van der Waals surface area contributed by atoms with Gasteiger partial charge in [0, 0.05) is 44.2 Å². The summed E-state index contributed by atoms with van der Waals surface area (Å²) in [5, 5.41) is 7.16. The molecule has 0 spiro atoms. The number of furan rings is 1. The minimum absolute atomic E-state index is 0.0223. The summed E-state index contributed by atoms with van der Waals surface area (Å²) in [6, 6.07) is 89.2. The molecule has 0 fully saturated rings. The molecule has 0 aliphatic heterocycles. The van der Waals surface area contributed by atoms with Gasteiger partial charge in [-0.2, -0.15) is 0 Å². The van der Waals surface area contributed by atoms with Gasteiger partial charge in [0.1, 0.15) is 11.2 Å². The number of benzene rings is 11. The van der Waals surface area contributed by atoms with E-state index < -0.39 is 0 Å². The predicted octanol–water partition coefficient (Wildman–Crippen LogP) is 20.6. The molecule has 362 valence electrons. The number of aromatic nitrogens is 1. The monoisotopic (exact) mass is 966 g/mol. The van der Waals surface area contributed by atoms with E-state index in [4.69, 9.17) is 4.42 Å². The average molecular weight is 967 g/mol. The molecule has 0 unspecified atom stereocenters. The maximum absolute atomic E-state index is 6.24. The van der Waals surface area contributed by atoms with Crippen LogP contribution in [0.4, 0.5) is 17.1 Å². The standard InChI is InChI=1S/C72H58N2O/c1-71(2,3)52-42-51(43-53(46-52)72(4,5)6)58-29-17-20-48-21-18-31-61(69(48)58)59-26-10-13-32-64(59)73(55-39-36-47(37-40-55)49-38-41-68-63(45-49)60-27-12-15-35-67(60)75-68)56-25-16-22-50(44-56)57-30-19-34-66-70(57)62-28-11-14-33-65(62)74(66)54-23-8-7-9-24-54/h7-46H,1-6H3. The van der Waals surface area contributed by atoms with E-state index in [2.05, 4.69) is 282 Å². The smallest absolute Gasteiger partial charge is 0.135 e. The minimum Gasteiger partial charge on any atom is -0.456 e. The Morgan fingerprint density at radius 3 is 1.69 bits per heavy atom. The lowest BCUT2D eigenvalue weighted by molar-refractivity contribution is 0.569. The van der Waals surface area contributed by atoms with Crippen LogP contribution in [0.15, 0.2) is 247 Å². The van der Waals surface area contributed by atoms with Crippen molar-refractivity contribution in [1.29, 1.82) is 0 Å². The van der Waals surface area contributed by atoms with Gasteiger partial charge in [0.2, 0.25) is 0 Å². The van der Waals surface area contributed by atoms with Crippen LogP contribution in [0.25, 0.3) is 105 Å². The first-order valence-electron chi connectivity index (χ1n) is 26.2. The number of nitrogens with zero attached hydrogens (tertiary/aromatic N) is 2. The van der Waals surface area contributed by atoms with E-state index in [1.807, 2.05) is 12.1 Å². The number of fused-ring (bicyclic) bond motifs is 7. The quantitative estimate of drug-likeness (QED) is 0.151. The van der Waals surface area contributed by atoms with Crippen molar-refractivity contribution in [2.45, 2.75) is 52.4 Å². The van der Waals surface area contributed by atoms with E-state index in [1.54, 1.807) is 0 Å². The van der Waals surface area contributed by atoms with Crippen molar-refractivity contribution in [3.05, 3.63) is 254 Å². The van der Waals surface area contributed by atoms with Crippen LogP contribution >= 0.6 is 0 Å². The Balaban J connectivity index is 1.01. The molecule has 2 aromatic heterocycles. The van der Waals surface area contributed by atoms with Gasteiger partial charge in [-0.05, 0) is 144 Å². The van der Waals surface area contributed by atoms with Gasteiger partial charge in [0.15, 0.2) is 0 Å². The van der Waals surface area contributed by atoms with Gasteiger partial charge in [0.25, 0.3) is 0 Å². The van der Waals surface area contributed by atoms with Crippen molar-refractivity contribution in [2.24, 2.45) is 0 Å². The van der Waals surface area contributed by atoms with Crippen molar-refractivity contribution in [1.82, 2.24) is 4.57 Å². The summed E-state index contributed by atoms with van der Waals surface area (Å²) in [5.74, 6) is 0. The summed E-state index contributed by atoms with van der Waals surface area (Å²) in [7, 11) is 0. The molecule has 0 saturated carbocycles. The van der Waals surface area contributed by atoms with Gasteiger partial charge in [0.05, 0.1) is 16.7 Å². The molecule has 13 rings (SSSR count). The van der Waals surface area contributed by atoms with Crippen molar-refractivity contribution in [3.63, 3.8) is 0 Å². The summed E-state index contributed by atoms with van der Waals surface area (Å²) in [6.07, 6.45) is 0. The number of hydrogen-bond donors (Lipinski definition) is 0. The Morgan fingerprint density at radius 1 is 0.347 bits per heavy atom. The molecule has 0 radical (unpaired) electrons. The summed E-state index contributed by atoms with van der Waals surface area (Å²) in [5.41, 5.74) is 20.6. The zero-order valence-electron chi connectivity index (χ0n) is 43.4. The molecule has 0 bridgehead atoms. The fraction of sp³-hybridized carbons (Fsp3) is 0.111. The second kappa shape index (κ2) is 17.9. The van der Waals surface area contributed by atoms with Crippen molar-refractivity contribution >= 4 is 71.6 Å². The van der Waals surface area contributed by atoms with Gasteiger partial charge in [-0.1, -0.05) is 211 Å². The van der Waals surface area contributed by atoms with Crippen LogP contribution in [-0.4, -0.2) is 4.57 Å². The SMILES string of the molecule is CC(C)(C)c1cc(-c2cccc3cccc(-c4ccccc4N(c4ccc(-c5ccc6oc7ccccc7c6c5)cc4)c4cccc(-c5cccc6c5c5ccccc5n6-c5ccccc5)c4)c23)cc(C(C)(C)C)c1. The molecule has 75 heavy (non-hydrogen) atoms. The van der Waals surface area contributed by atoms with E-state index in [-0.39, 0.29) is 10.8 Å². The fourth-order valence-electron chi connectivity index (χ4n) is 11.4. The van der Waals surface area contributed by atoms with Gasteiger partial charge in [-0.3, -0.25) is 0 Å². The normalized spacial score (nSPS) is 12.1. The molecule has 0 N–H and O–H groups in total. The maximum Gasteiger partial charge on any atom is 0.135 e. The van der Waals surface area contributed by atoms with Gasteiger partial charge < -0.3 is 13.9 Å². The summed E-state index contributed by atoms with van der Waals surface area (Å²) in [4.78, 5) is 2.46. The van der Waals surface area contributed by atoms with E-state index in [9.17, 15) is 0 Å². The van der Waals surface area contributed by atoms with Crippen LogP contribution in [-0.2, 0) is 10.8 Å². The summed E-state index contributed by atoms with van der Waals surface area (Å²) in [6.45, 7) is 13.9. The molecule has 3 nitrogen and oxygen atoms in total. The zero-order valence-corrected chi connectivity index (χ0v) is 43.4. The van der Waals surface area contributed by atoms with E-state index >= 15 is 0 Å². The Kier molecular flexibility index (Phi) is 11.0. The number of hydrogen-bond acceptors (Lipinski definition) is 2. The van der Waals surface area contributed by atoms with E-state index in [1.165, 1.54) is 66.0 Å². The van der Waals surface area contributed by atoms with Gasteiger partial charge in [-0.15, -0.1) is 0 Å². The Morgan fingerprint density at radius 2 is 0.933 bits per heavy atom. The highest BCUT2D eigenvalue weighted by atomic mass is 16.3. The molecule has 0 atom stereocenters. The summed E-state index contributed by atoms with van der Waals surface area (Å²) < 4.78 is 8.64. The second-order valence-corrected chi connectivity index (χ2v) is 22.2. The molecule has 0 saturated heterocycles. The third kappa shape index (κ3) is 8.07. The van der Waals surface area contributed by atoms with E-state index in [0.29, 0.717) is 0 Å². The third-order valence-corrected chi connectivity index (χ3v) is 15.3. The van der Waals surface area contributed by atoms with E-state index in [0.717, 1.165) is 66.9 Å². The molecule has 3 heteroatoms. The number of para-hydroxylation sites is 4. The second-order valence-electron chi connectivity index (χ2n) is 22.2. The molecule has 0 aliphatic carbocycles. The van der Waals surface area contributed by atoms with Crippen LogP contribution < -0.4 is 4.90 Å². The largest absolute Gasteiger partial charge is 0.456 e. The highest BCUT2D eigenvalue weighted by Crippen LogP contribution is 2.48. The first-order valence-corrected chi connectivity index (χ1v) is 26.2. The molecule has 2 heterocycles. The maximum atomic E-state index is 6.24. The molecule has 11 aromatic carbocycles. The zero-order chi connectivity index (χ0) is 51.0. The van der Waals surface area contributed by atoms with Crippen molar-refractivity contribution < 1.29 is 4.42 Å². The Bertz CT molecular complexity index is 4270.